The van der Waals surface area contributed by atoms with Gasteiger partial charge in [0.05, 0.1) is 10.6 Å². The number of halogens is 5. The van der Waals surface area contributed by atoms with Gasteiger partial charge < -0.3 is 4.74 Å². The Bertz CT molecular complexity index is 594. The minimum Gasteiger partial charge on any atom is -0.487 e. The molecule has 2 aromatic carbocycles. The molecular formula is C14H9Cl2F3O. The highest BCUT2D eigenvalue weighted by Gasteiger charge is 2.29. The summed E-state index contributed by atoms with van der Waals surface area (Å²) in [5, 5.41) is 0.835. The van der Waals surface area contributed by atoms with Crippen LogP contribution in [0.25, 0.3) is 0 Å². The standard InChI is InChI=1S/C14H9Cl2F3O/c15-11-5-6-13(12(16)7-11)20-8-9-1-3-10(4-2-9)14(17,18)19/h1-7H,8H2. The van der Waals surface area contributed by atoms with E-state index in [9.17, 15) is 13.2 Å². The number of benzene rings is 2. The molecule has 0 heterocycles. The van der Waals surface area contributed by atoms with Gasteiger partial charge in [-0.05, 0) is 35.9 Å². The van der Waals surface area contributed by atoms with Crippen LogP contribution < -0.4 is 4.74 Å². The van der Waals surface area contributed by atoms with Crippen LogP contribution in [0.3, 0.4) is 0 Å². The van der Waals surface area contributed by atoms with Gasteiger partial charge in [0.15, 0.2) is 0 Å². The lowest BCUT2D eigenvalue weighted by Crippen LogP contribution is -2.05. The van der Waals surface area contributed by atoms with E-state index in [0.717, 1.165) is 12.1 Å². The van der Waals surface area contributed by atoms with E-state index in [2.05, 4.69) is 0 Å². The van der Waals surface area contributed by atoms with Gasteiger partial charge in [0.2, 0.25) is 0 Å². The lowest BCUT2D eigenvalue weighted by Gasteiger charge is -2.10. The molecule has 0 atom stereocenters. The highest BCUT2D eigenvalue weighted by molar-refractivity contribution is 6.35. The Labute approximate surface area is 123 Å². The molecule has 0 radical (unpaired) electrons. The summed E-state index contributed by atoms with van der Waals surface area (Å²) in [4.78, 5) is 0. The minimum atomic E-state index is -4.33. The molecule has 2 aromatic rings. The van der Waals surface area contributed by atoms with Crippen molar-refractivity contribution in [3.63, 3.8) is 0 Å². The molecule has 0 unspecified atom stereocenters. The second-order valence-corrected chi connectivity index (χ2v) is 4.90. The van der Waals surface area contributed by atoms with Crippen molar-refractivity contribution in [2.75, 3.05) is 0 Å². The van der Waals surface area contributed by atoms with Crippen LogP contribution in [-0.4, -0.2) is 0 Å². The predicted molar refractivity (Wildman–Crippen MR) is 72.2 cm³/mol. The molecule has 1 nitrogen and oxygen atoms in total. The maximum absolute atomic E-state index is 12.4. The Morgan fingerprint density at radius 1 is 0.950 bits per heavy atom. The molecule has 6 heteroatoms. The van der Waals surface area contributed by atoms with Crippen LogP contribution in [0.5, 0.6) is 5.75 Å². The molecule has 0 aliphatic carbocycles. The van der Waals surface area contributed by atoms with Crippen molar-refractivity contribution in [2.45, 2.75) is 12.8 Å². The summed E-state index contributed by atoms with van der Waals surface area (Å²) in [6.45, 7) is 0.124. The molecule has 0 aliphatic heterocycles. The van der Waals surface area contributed by atoms with E-state index in [-0.39, 0.29) is 6.61 Å². The molecule has 0 saturated heterocycles. The maximum Gasteiger partial charge on any atom is 0.416 e. The zero-order valence-corrected chi connectivity index (χ0v) is 11.6. The van der Waals surface area contributed by atoms with Crippen molar-refractivity contribution in [3.05, 3.63) is 63.6 Å². The first-order valence-corrected chi connectivity index (χ1v) is 6.36. The Balaban J connectivity index is 2.04. The fourth-order valence-electron chi connectivity index (χ4n) is 1.54. The average molecular weight is 321 g/mol. The summed E-state index contributed by atoms with van der Waals surface area (Å²) < 4.78 is 42.6. The molecule has 0 N–H and O–H groups in total. The van der Waals surface area contributed by atoms with Crippen molar-refractivity contribution in [1.82, 2.24) is 0 Å². The highest BCUT2D eigenvalue weighted by atomic mass is 35.5. The molecule has 0 aromatic heterocycles. The van der Waals surface area contributed by atoms with Gasteiger partial charge in [0.25, 0.3) is 0 Å². The summed E-state index contributed by atoms with van der Waals surface area (Å²) in [6.07, 6.45) is -4.33. The van der Waals surface area contributed by atoms with E-state index >= 15 is 0 Å². The zero-order chi connectivity index (χ0) is 14.8. The summed E-state index contributed by atoms with van der Waals surface area (Å²) in [6, 6.07) is 9.53. The Morgan fingerprint density at radius 3 is 2.15 bits per heavy atom. The van der Waals surface area contributed by atoms with Crippen LogP contribution in [0.15, 0.2) is 42.5 Å². The fraction of sp³-hybridized carbons (Fsp3) is 0.143. The lowest BCUT2D eigenvalue weighted by molar-refractivity contribution is -0.137. The van der Waals surface area contributed by atoms with Crippen molar-refractivity contribution in [2.24, 2.45) is 0 Å². The normalized spacial score (nSPS) is 11.4. The van der Waals surface area contributed by atoms with Crippen molar-refractivity contribution in [3.8, 4) is 5.75 Å². The maximum atomic E-state index is 12.4. The van der Waals surface area contributed by atoms with E-state index in [0.29, 0.717) is 21.4 Å². The highest BCUT2D eigenvalue weighted by Crippen LogP contribution is 2.30. The lowest BCUT2D eigenvalue weighted by atomic mass is 10.1. The van der Waals surface area contributed by atoms with Crippen LogP contribution in [-0.2, 0) is 12.8 Å². The fourth-order valence-corrected chi connectivity index (χ4v) is 2.01. The van der Waals surface area contributed by atoms with Crippen LogP contribution in [0, 0.1) is 0 Å². The third-order valence-corrected chi connectivity index (χ3v) is 3.10. The van der Waals surface area contributed by atoms with Crippen LogP contribution in [0.4, 0.5) is 13.2 Å². The Hall–Kier alpha value is -1.39. The van der Waals surface area contributed by atoms with E-state index in [1.807, 2.05) is 0 Å². The third-order valence-electron chi connectivity index (χ3n) is 2.57. The average Bonchev–Trinajstić information content (AvgIpc) is 2.37. The molecule has 0 amide bonds. The van der Waals surface area contributed by atoms with Crippen LogP contribution in [0.1, 0.15) is 11.1 Å². The number of alkyl halides is 3. The third kappa shape index (κ3) is 3.81. The van der Waals surface area contributed by atoms with Gasteiger partial charge >= 0.3 is 6.18 Å². The quantitative estimate of drug-likeness (QED) is 0.716. The summed E-state index contributed by atoms with van der Waals surface area (Å²) in [5.41, 5.74) is -0.0743. The number of hydrogen-bond acceptors (Lipinski definition) is 1. The Kier molecular flexibility index (Phi) is 4.45. The molecular weight excluding hydrogens is 312 g/mol. The first-order chi connectivity index (χ1) is 9.36. The molecule has 2 rings (SSSR count). The molecule has 0 saturated carbocycles. The second kappa shape index (κ2) is 5.94. The summed E-state index contributed by atoms with van der Waals surface area (Å²) in [5.74, 6) is 0.427. The first kappa shape index (κ1) is 15.0. The predicted octanol–water partition coefficient (Wildman–Crippen LogP) is 5.59. The number of rotatable bonds is 3. The van der Waals surface area contributed by atoms with Crippen molar-refractivity contribution >= 4 is 23.2 Å². The van der Waals surface area contributed by atoms with Gasteiger partial charge in [0.1, 0.15) is 12.4 Å². The van der Waals surface area contributed by atoms with Crippen molar-refractivity contribution < 1.29 is 17.9 Å². The van der Waals surface area contributed by atoms with Gasteiger partial charge in [0, 0.05) is 5.02 Å². The second-order valence-electron chi connectivity index (χ2n) is 4.06. The molecule has 0 spiro atoms. The van der Waals surface area contributed by atoms with Gasteiger partial charge in [-0.1, -0.05) is 35.3 Å². The van der Waals surface area contributed by atoms with E-state index in [1.54, 1.807) is 12.1 Å². The van der Waals surface area contributed by atoms with Gasteiger partial charge in [-0.15, -0.1) is 0 Å². The van der Waals surface area contributed by atoms with Gasteiger partial charge in [-0.25, -0.2) is 0 Å². The van der Waals surface area contributed by atoms with Crippen molar-refractivity contribution in [1.29, 1.82) is 0 Å². The smallest absolute Gasteiger partial charge is 0.416 e. The van der Waals surface area contributed by atoms with E-state index in [4.69, 9.17) is 27.9 Å². The molecule has 20 heavy (non-hydrogen) atoms. The summed E-state index contributed by atoms with van der Waals surface area (Å²) >= 11 is 11.7. The van der Waals surface area contributed by atoms with E-state index in [1.165, 1.54) is 18.2 Å². The Morgan fingerprint density at radius 2 is 1.60 bits per heavy atom. The van der Waals surface area contributed by atoms with E-state index < -0.39 is 11.7 Å². The van der Waals surface area contributed by atoms with Gasteiger partial charge in [-0.3, -0.25) is 0 Å². The topological polar surface area (TPSA) is 9.23 Å². The number of ether oxygens (including phenoxy) is 1. The monoisotopic (exact) mass is 320 g/mol. The first-order valence-electron chi connectivity index (χ1n) is 5.60. The molecule has 0 fully saturated rings. The van der Waals surface area contributed by atoms with Crippen LogP contribution in [0.2, 0.25) is 10.0 Å². The molecule has 0 bridgehead atoms. The molecule has 0 aliphatic rings. The summed E-state index contributed by atoms with van der Waals surface area (Å²) in [7, 11) is 0. The van der Waals surface area contributed by atoms with Gasteiger partial charge in [-0.2, -0.15) is 13.2 Å². The minimum absolute atomic E-state index is 0.124. The zero-order valence-electron chi connectivity index (χ0n) is 10.0. The molecule has 106 valence electrons. The SMILES string of the molecule is FC(F)(F)c1ccc(COc2ccc(Cl)cc2Cl)cc1. The van der Waals surface area contributed by atoms with Crippen LogP contribution >= 0.6 is 23.2 Å². The largest absolute Gasteiger partial charge is 0.487 e. The number of hydrogen-bond donors (Lipinski definition) is 0.